The van der Waals surface area contributed by atoms with Crippen LogP contribution >= 0.6 is 47.8 Å². The number of methoxy groups -OCH3 is 1. The third-order valence-corrected chi connectivity index (χ3v) is 5.34. The van der Waals surface area contributed by atoms with E-state index in [9.17, 15) is 0 Å². The molecule has 2 rings (SSSR count). The average molecular weight is 477 g/mol. The zero-order chi connectivity index (χ0) is 15.2. The highest BCUT2D eigenvalue weighted by Crippen LogP contribution is 2.27. The van der Waals surface area contributed by atoms with Gasteiger partial charge in [-0.2, -0.15) is 0 Å². The van der Waals surface area contributed by atoms with Gasteiger partial charge in [-0.1, -0.05) is 59.9 Å². The van der Waals surface area contributed by atoms with Crippen molar-refractivity contribution >= 4 is 47.8 Å². The second-order valence-corrected chi connectivity index (χ2v) is 7.49. The first-order chi connectivity index (χ1) is 10.1. The molecule has 0 bridgehead atoms. The fourth-order valence-electron chi connectivity index (χ4n) is 2.35. The monoisotopic (exact) mass is 474 g/mol. The summed E-state index contributed by atoms with van der Waals surface area (Å²) in [4.78, 5) is 0. The maximum absolute atomic E-state index is 5.47. The molecule has 1 unspecified atom stereocenters. The normalized spacial score (nSPS) is 12.2. The minimum Gasteiger partial charge on any atom is -0.496 e. The molecule has 0 radical (unpaired) electrons. The third kappa shape index (κ3) is 5.11. The summed E-state index contributed by atoms with van der Waals surface area (Å²) in [6.45, 7) is 0. The Bertz CT molecular complexity index is 581. The molecule has 0 saturated carbocycles. The van der Waals surface area contributed by atoms with Gasteiger partial charge in [0, 0.05) is 14.3 Å². The van der Waals surface area contributed by atoms with Crippen molar-refractivity contribution in [2.45, 2.75) is 12.8 Å². The maximum Gasteiger partial charge on any atom is 0.122 e. The second-order valence-electron chi connectivity index (χ2n) is 5.01. The van der Waals surface area contributed by atoms with Crippen molar-refractivity contribution in [3.8, 4) is 5.75 Å². The summed E-state index contributed by atoms with van der Waals surface area (Å²) in [6, 6.07) is 14.7. The van der Waals surface area contributed by atoms with Gasteiger partial charge in [-0.15, -0.1) is 0 Å². The molecule has 0 N–H and O–H groups in total. The van der Waals surface area contributed by atoms with Crippen LogP contribution in [0.1, 0.15) is 11.1 Å². The fourth-order valence-corrected chi connectivity index (χ4v) is 3.48. The van der Waals surface area contributed by atoms with Crippen LogP contribution in [0.3, 0.4) is 0 Å². The maximum atomic E-state index is 5.47. The Hall–Kier alpha value is -0.320. The van der Waals surface area contributed by atoms with Crippen LogP contribution in [-0.4, -0.2) is 12.4 Å². The van der Waals surface area contributed by atoms with Gasteiger partial charge >= 0.3 is 0 Å². The van der Waals surface area contributed by atoms with Gasteiger partial charge in [0.15, 0.2) is 0 Å². The van der Waals surface area contributed by atoms with Crippen LogP contribution < -0.4 is 4.74 Å². The number of halogens is 3. The number of hydrogen-bond donors (Lipinski definition) is 0. The number of alkyl halides is 1. The highest BCUT2D eigenvalue weighted by Gasteiger charge is 2.13. The lowest BCUT2D eigenvalue weighted by molar-refractivity contribution is 0.405. The highest BCUT2D eigenvalue weighted by molar-refractivity contribution is 9.10. The minimum absolute atomic E-state index is 0.536. The van der Waals surface area contributed by atoms with Crippen molar-refractivity contribution in [1.82, 2.24) is 0 Å². The number of rotatable bonds is 6. The van der Waals surface area contributed by atoms with E-state index in [1.54, 1.807) is 7.11 Å². The average Bonchev–Trinajstić information content (AvgIpc) is 2.49. The highest BCUT2D eigenvalue weighted by atomic mass is 79.9. The molecule has 0 aliphatic carbocycles. The Kier molecular flexibility index (Phi) is 6.77. The predicted octanol–water partition coefficient (Wildman–Crippen LogP) is 6.02. The van der Waals surface area contributed by atoms with Crippen molar-refractivity contribution in [2.75, 3.05) is 12.4 Å². The molecule has 0 amide bonds. The molecule has 0 aliphatic heterocycles. The van der Waals surface area contributed by atoms with E-state index in [1.807, 2.05) is 12.1 Å². The van der Waals surface area contributed by atoms with E-state index in [0.717, 1.165) is 32.9 Å². The van der Waals surface area contributed by atoms with Gasteiger partial charge in [-0.05, 0) is 60.2 Å². The molecule has 0 heterocycles. The van der Waals surface area contributed by atoms with E-state index in [2.05, 4.69) is 78.1 Å². The lowest BCUT2D eigenvalue weighted by Crippen LogP contribution is -2.10. The fraction of sp³-hybridized carbons (Fsp3) is 0.294. The topological polar surface area (TPSA) is 9.23 Å². The summed E-state index contributed by atoms with van der Waals surface area (Å²) >= 11 is 10.7. The first-order valence-electron chi connectivity index (χ1n) is 6.75. The van der Waals surface area contributed by atoms with Crippen LogP contribution in [0.5, 0.6) is 5.75 Å². The van der Waals surface area contributed by atoms with Gasteiger partial charge in [0.25, 0.3) is 0 Å². The Morgan fingerprint density at radius 1 is 0.952 bits per heavy atom. The van der Waals surface area contributed by atoms with E-state index < -0.39 is 0 Å². The van der Waals surface area contributed by atoms with Crippen LogP contribution in [0.25, 0.3) is 0 Å². The van der Waals surface area contributed by atoms with Crippen LogP contribution in [0.15, 0.2) is 51.4 Å². The lowest BCUT2D eigenvalue weighted by Gasteiger charge is -2.17. The van der Waals surface area contributed by atoms with Crippen molar-refractivity contribution in [1.29, 1.82) is 0 Å². The van der Waals surface area contributed by atoms with Crippen molar-refractivity contribution in [3.63, 3.8) is 0 Å². The summed E-state index contributed by atoms with van der Waals surface area (Å²) in [7, 11) is 1.73. The smallest absolute Gasteiger partial charge is 0.122 e. The summed E-state index contributed by atoms with van der Waals surface area (Å²) in [5.74, 6) is 1.49. The quantitative estimate of drug-likeness (QED) is 0.463. The molecule has 0 saturated heterocycles. The molecule has 2 aromatic rings. The summed E-state index contributed by atoms with van der Waals surface area (Å²) < 4.78 is 7.68. The lowest BCUT2D eigenvalue weighted by atomic mass is 9.94. The van der Waals surface area contributed by atoms with E-state index in [1.165, 1.54) is 11.1 Å². The van der Waals surface area contributed by atoms with Crippen LogP contribution in [0, 0.1) is 5.92 Å². The van der Waals surface area contributed by atoms with Gasteiger partial charge in [0.2, 0.25) is 0 Å². The molecular weight excluding hydrogens is 460 g/mol. The Morgan fingerprint density at radius 2 is 1.62 bits per heavy atom. The van der Waals surface area contributed by atoms with Crippen LogP contribution in [-0.2, 0) is 12.8 Å². The summed E-state index contributed by atoms with van der Waals surface area (Å²) in [5, 5.41) is 0.971. The van der Waals surface area contributed by atoms with Gasteiger partial charge < -0.3 is 4.74 Å². The van der Waals surface area contributed by atoms with Gasteiger partial charge in [0.05, 0.1) is 7.11 Å². The van der Waals surface area contributed by atoms with Crippen molar-refractivity contribution in [3.05, 3.63) is 62.5 Å². The van der Waals surface area contributed by atoms with Crippen LogP contribution in [0.4, 0.5) is 0 Å². The first kappa shape index (κ1) is 17.0. The van der Waals surface area contributed by atoms with Crippen molar-refractivity contribution in [2.24, 2.45) is 5.92 Å². The molecule has 1 nitrogen and oxygen atoms in total. The molecule has 0 aromatic heterocycles. The van der Waals surface area contributed by atoms with E-state index >= 15 is 0 Å². The Morgan fingerprint density at radius 3 is 2.24 bits per heavy atom. The van der Waals surface area contributed by atoms with Crippen LogP contribution in [0.2, 0.25) is 0 Å². The van der Waals surface area contributed by atoms with E-state index in [0.29, 0.717) is 5.92 Å². The molecule has 0 spiro atoms. The number of hydrogen-bond acceptors (Lipinski definition) is 1. The first-order valence-corrected chi connectivity index (χ1v) is 9.46. The summed E-state index contributed by atoms with van der Waals surface area (Å²) in [6.07, 6.45) is 2.04. The Labute approximate surface area is 151 Å². The molecule has 112 valence electrons. The molecule has 0 fully saturated rings. The molecule has 1 atom stereocenters. The summed E-state index contributed by atoms with van der Waals surface area (Å²) in [5.41, 5.74) is 2.60. The van der Waals surface area contributed by atoms with Gasteiger partial charge in [0.1, 0.15) is 5.75 Å². The SMILES string of the molecule is COc1ccc(Br)cc1CC(CBr)Cc1ccc(Br)cc1. The van der Waals surface area contributed by atoms with Crippen molar-refractivity contribution < 1.29 is 4.74 Å². The van der Waals surface area contributed by atoms with E-state index in [-0.39, 0.29) is 0 Å². The number of ether oxygens (including phenoxy) is 1. The molecular formula is C17H17Br3O. The van der Waals surface area contributed by atoms with Gasteiger partial charge in [-0.3, -0.25) is 0 Å². The van der Waals surface area contributed by atoms with E-state index in [4.69, 9.17) is 4.74 Å². The zero-order valence-electron chi connectivity index (χ0n) is 11.8. The third-order valence-electron chi connectivity index (χ3n) is 3.41. The molecule has 0 aliphatic rings. The molecule has 21 heavy (non-hydrogen) atoms. The Balaban J connectivity index is 2.11. The largest absolute Gasteiger partial charge is 0.496 e. The molecule has 2 aromatic carbocycles. The number of benzene rings is 2. The minimum atomic E-state index is 0.536. The second kappa shape index (κ2) is 8.35. The standard InChI is InChI=1S/C17H17Br3O/c1-21-17-7-6-16(20)10-14(17)9-13(11-18)8-12-2-4-15(19)5-3-12/h2-7,10,13H,8-9,11H2,1H3. The zero-order valence-corrected chi connectivity index (χ0v) is 16.5. The predicted molar refractivity (Wildman–Crippen MR) is 99.5 cm³/mol. The molecule has 4 heteroatoms. The van der Waals surface area contributed by atoms with Gasteiger partial charge in [-0.25, -0.2) is 0 Å².